The van der Waals surface area contributed by atoms with Crippen molar-refractivity contribution in [2.45, 2.75) is 39.3 Å². The zero-order valence-electron chi connectivity index (χ0n) is 11.1. The summed E-state index contributed by atoms with van der Waals surface area (Å²) in [5, 5.41) is 3.23. The van der Waals surface area contributed by atoms with Gasteiger partial charge in [-0.2, -0.15) is 0 Å². The maximum Gasteiger partial charge on any atom is 0.123 e. The van der Waals surface area contributed by atoms with Gasteiger partial charge in [0.15, 0.2) is 0 Å². The van der Waals surface area contributed by atoms with Gasteiger partial charge >= 0.3 is 0 Å². The molecule has 0 spiro atoms. The first-order chi connectivity index (χ1) is 8.13. The number of aryl methyl sites for hydroxylation is 1. The molecule has 0 heterocycles. The Kier molecular flexibility index (Phi) is 5.59. The van der Waals surface area contributed by atoms with E-state index in [1.165, 1.54) is 6.07 Å². The highest BCUT2D eigenvalue weighted by Crippen LogP contribution is 2.25. The Morgan fingerprint density at radius 1 is 1.35 bits per heavy atom. The zero-order chi connectivity index (χ0) is 12.8. The van der Waals surface area contributed by atoms with E-state index in [0.29, 0.717) is 6.61 Å². The molecule has 0 bridgehead atoms. The summed E-state index contributed by atoms with van der Waals surface area (Å²) in [6.07, 6.45) is 0.973. The van der Waals surface area contributed by atoms with Crippen molar-refractivity contribution in [3.05, 3.63) is 35.1 Å². The predicted octanol–water partition coefficient (Wildman–Crippen LogP) is 3.21. The topological polar surface area (TPSA) is 21.3 Å². The molecule has 0 aliphatic carbocycles. The number of likely N-dealkylation sites (N-methyl/N-ethyl adjacent to an activating group) is 1. The van der Waals surface area contributed by atoms with Gasteiger partial charge in [0.2, 0.25) is 0 Å². The Morgan fingerprint density at radius 2 is 2.06 bits per heavy atom. The van der Waals surface area contributed by atoms with Gasteiger partial charge in [-0.15, -0.1) is 0 Å². The van der Waals surface area contributed by atoms with Gasteiger partial charge in [0.25, 0.3) is 0 Å². The third-order valence-electron chi connectivity index (χ3n) is 3.04. The van der Waals surface area contributed by atoms with E-state index in [9.17, 15) is 4.39 Å². The first-order valence-corrected chi connectivity index (χ1v) is 6.18. The van der Waals surface area contributed by atoms with E-state index in [1.54, 1.807) is 6.07 Å². The van der Waals surface area contributed by atoms with Crippen molar-refractivity contribution in [1.82, 2.24) is 5.32 Å². The van der Waals surface area contributed by atoms with E-state index in [0.717, 1.165) is 17.5 Å². The molecule has 2 nitrogen and oxygen atoms in total. The van der Waals surface area contributed by atoms with Gasteiger partial charge in [-0.1, -0.05) is 13.0 Å². The van der Waals surface area contributed by atoms with E-state index in [-0.39, 0.29) is 18.0 Å². The van der Waals surface area contributed by atoms with Crippen LogP contribution in [0.1, 0.15) is 37.4 Å². The van der Waals surface area contributed by atoms with Gasteiger partial charge in [0.05, 0.1) is 12.1 Å². The summed E-state index contributed by atoms with van der Waals surface area (Å²) in [7, 11) is 1.89. The SMILES string of the molecule is CCOC(CC)C(NC)c1cc(F)ccc1C. The fourth-order valence-corrected chi connectivity index (χ4v) is 2.15. The van der Waals surface area contributed by atoms with Crippen LogP contribution in [-0.4, -0.2) is 19.8 Å². The van der Waals surface area contributed by atoms with Crippen LogP contribution in [0.3, 0.4) is 0 Å². The number of benzene rings is 1. The summed E-state index contributed by atoms with van der Waals surface area (Å²) in [6, 6.07) is 4.94. The van der Waals surface area contributed by atoms with E-state index >= 15 is 0 Å². The number of ether oxygens (including phenoxy) is 1. The van der Waals surface area contributed by atoms with E-state index in [2.05, 4.69) is 12.2 Å². The van der Waals surface area contributed by atoms with Crippen molar-refractivity contribution in [2.24, 2.45) is 0 Å². The molecule has 1 rings (SSSR count). The lowest BCUT2D eigenvalue weighted by atomic mass is 9.95. The molecular weight excluding hydrogens is 217 g/mol. The number of rotatable bonds is 6. The second kappa shape index (κ2) is 6.72. The van der Waals surface area contributed by atoms with E-state index in [4.69, 9.17) is 4.74 Å². The summed E-state index contributed by atoms with van der Waals surface area (Å²) in [6.45, 7) is 6.73. The number of hydrogen-bond donors (Lipinski definition) is 1. The van der Waals surface area contributed by atoms with Crippen LogP contribution < -0.4 is 5.32 Å². The van der Waals surface area contributed by atoms with Gasteiger partial charge in [-0.3, -0.25) is 0 Å². The number of hydrogen-bond acceptors (Lipinski definition) is 2. The van der Waals surface area contributed by atoms with Crippen LogP contribution >= 0.6 is 0 Å². The summed E-state index contributed by atoms with van der Waals surface area (Å²) >= 11 is 0. The van der Waals surface area contributed by atoms with Crippen LogP contribution in [0.15, 0.2) is 18.2 Å². The Labute approximate surface area is 103 Å². The van der Waals surface area contributed by atoms with Crippen molar-refractivity contribution in [1.29, 1.82) is 0 Å². The lowest BCUT2D eigenvalue weighted by molar-refractivity contribution is 0.0332. The molecule has 0 saturated heterocycles. The minimum Gasteiger partial charge on any atom is -0.377 e. The van der Waals surface area contributed by atoms with Crippen molar-refractivity contribution >= 4 is 0 Å². The first kappa shape index (κ1) is 14.1. The molecular formula is C14H22FNO. The maximum absolute atomic E-state index is 13.3. The Hall–Kier alpha value is -0.930. The van der Waals surface area contributed by atoms with Gasteiger partial charge in [0, 0.05) is 6.61 Å². The molecule has 0 fully saturated rings. The van der Waals surface area contributed by atoms with Crippen LogP contribution in [0, 0.1) is 12.7 Å². The molecule has 0 amide bonds. The highest BCUT2D eigenvalue weighted by molar-refractivity contribution is 5.30. The average Bonchev–Trinajstić information content (AvgIpc) is 2.33. The summed E-state index contributed by atoms with van der Waals surface area (Å²) in [5.41, 5.74) is 2.07. The molecule has 0 radical (unpaired) electrons. The first-order valence-electron chi connectivity index (χ1n) is 6.18. The molecule has 1 aromatic carbocycles. The number of halogens is 1. The Balaban J connectivity index is 3.02. The molecule has 1 N–H and O–H groups in total. The minimum atomic E-state index is -0.197. The normalized spacial score (nSPS) is 14.6. The molecule has 2 atom stereocenters. The summed E-state index contributed by atoms with van der Waals surface area (Å²) in [5.74, 6) is -0.197. The number of nitrogens with one attached hydrogen (secondary N) is 1. The highest BCUT2D eigenvalue weighted by Gasteiger charge is 2.22. The second-order valence-corrected chi connectivity index (χ2v) is 4.17. The standard InChI is InChI=1S/C14H22FNO/c1-5-13(17-6-2)14(16-4)12-9-11(15)8-7-10(12)3/h7-9,13-14,16H,5-6H2,1-4H3. The van der Waals surface area contributed by atoms with Gasteiger partial charge in [-0.25, -0.2) is 4.39 Å². The fourth-order valence-electron chi connectivity index (χ4n) is 2.15. The van der Waals surface area contributed by atoms with Crippen LogP contribution in [0.25, 0.3) is 0 Å². The second-order valence-electron chi connectivity index (χ2n) is 4.17. The predicted molar refractivity (Wildman–Crippen MR) is 68.6 cm³/mol. The average molecular weight is 239 g/mol. The van der Waals surface area contributed by atoms with Crippen LogP contribution in [0.5, 0.6) is 0 Å². The molecule has 0 aromatic heterocycles. The lowest BCUT2D eigenvalue weighted by Crippen LogP contribution is -2.32. The Morgan fingerprint density at radius 3 is 2.59 bits per heavy atom. The molecule has 0 saturated carbocycles. The van der Waals surface area contributed by atoms with Crippen LogP contribution in [0.2, 0.25) is 0 Å². The largest absolute Gasteiger partial charge is 0.377 e. The maximum atomic E-state index is 13.3. The van der Waals surface area contributed by atoms with Gasteiger partial charge in [0.1, 0.15) is 5.82 Å². The van der Waals surface area contributed by atoms with Crippen molar-refractivity contribution in [3.63, 3.8) is 0 Å². The van der Waals surface area contributed by atoms with E-state index in [1.807, 2.05) is 27.0 Å². The van der Waals surface area contributed by atoms with E-state index < -0.39 is 0 Å². The molecule has 96 valence electrons. The lowest BCUT2D eigenvalue weighted by Gasteiger charge is -2.27. The molecule has 2 unspecified atom stereocenters. The third kappa shape index (κ3) is 3.51. The molecule has 3 heteroatoms. The molecule has 0 aliphatic rings. The quantitative estimate of drug-likeness (QED) is 0.823. The smallest absolute Gasteiger partial charge is 0.123 e. The molecule has 1 aromatic rings. The third-order valence-corrected chi connectivity index (χ3v) is 3.04. The Bertz CT molecular complexity index is 354. The fraction of sp³-hybridized carbons (Fsp3) is 0.571. The van der Waals surface area contributed by atoms with Crippen LogP contribution in [-0.2, 0) is 4.74 Å². The van der Waals surface area contributed by atoms with Crippen molar-refractivity contribution in [3.8, 4) is 0 Å². The highest BCUT2D eigenvalue weighted by atomic mass is 19.1. The van der Waals surface area contributed by atoms with Crippen LogP contribution in [0.4, 0.5) is 4.39 Å². The van der Waals surface area contributed by atoms with Gasteiger partial charge in [-0.05, 0) is 50.6 Å². The molecule has 0 aliphatic heterocycles. The summed E-state index contributed by atoms with van der Waals surface area (Å²) in [4.78, 5) is 0. The summed E-state index contributed by atoms with van der Waals surface area (Å²) < 4.78 is 19.0. The zero-order valence-corrected chi connectivity index (χ0v) is 11.1. The van der Waals surface area contributed by atoms with Crippen molar-refractivity contribution in [2.75, 3.05) is 13.7 Å². The van der Waals surface area contributed by atoms with Crippen molar-refractivity contribution < 1.29 is 9.13 Å². The monoisotopic (exact) mass is 239 g/mol. The van der Waals surface area contributed by atoms with Gasteiger partial charge < -0.3 is 10.1 Å². The minimum absolute atomic E-state index is 0.0376. The molecule has 17 heavy (non-hydrogen) atoms.